The Hall–Kier alpha value is -2.61. The van der Waals surface area contributed by atoms with Crippen LogP contribution in [0.3, 0.4) is 0 Å². The van der Waals surface area contributed by atoms with Gasteiger partial charge in [-0.2, -0.15) is 10.4 Å². The van der Waals surface area contributed by atoms with Crippen molar-refractivity contribution in [3.63, 3.8) is 0 Å². The molecule has 0 fully saturated rings. The normalized spacial score (nSPS) is 10.2. The van der Waals surface area contributed by atoms with Crippen LogP contribution in [0.25, 0.3) is 0 Å². The van der Waals surface area contributed by atoms with E-state index < -0.39 is 0 Å². The molecule has 1 aromatic carbocycles. The summed E-state index contributed by atoms with van der Waals surface area (Å²) < 4.78 is 1.70. The SMILES string of the molecule is Cc1nn(C)c(C)c1C(=O)N(C)c1ccc(C#N)cc1. The predicted molar refractivity (Wildman–Crippen MR) is 76.6 cm³/mol. The lowest BCUT2D eigenvalue weighted by Crippen LogP contribution is -2.27. The van der Waals surface area contributed by atoms with Crippen molar-refractivity contribution in [3.05, 3.63) is 46.8 Å². The molecule has 102 valence electrons. The molecule has 0 aliphatic rings. The summed E-state index contributed by atoms with van der Waals surface area (Å²) in [6.07, 6.45) is 0. The van der Waals surface area contributed by atoms with Gasteiger partial charge in [0.1, 0.15) is 0 Å². The fraction of sp³-hybridized carbons (Fsp3) is 0.267. The number of aryl methyl sites for hydroxylation is 2. The van der Waals surface area contributed by atoms with Crippen LogP contribution in [0.5, 0.6) is 0 Å². The van der Waals surface area contributed by atoms with Gasteiger partial charge < -0.3 is 4.90 Å². The second kappa shape index (κ2) is 5.17. The van der Waals surface area contributed by atoms with E-state index in [9.17, 15) is 4.79 Å². The molecule has 0 atom stereocenters. The van der Waals surface area contributed by atoms with Gasteiger partial charge in [-0.15, -0.1) is 0 Å². The monoisotopic (exact) mass is 268 g/mol. The summed E-state index contributed by atoms with van der Waals surface area (Å²) in [5.74, 6) is -0.0993. The van der Waals surface area contributed by atoms with Crippen molar-refractivity contribution in [3.8, 4) is 6.07 Å². The van der Waals surface area contributed by atoms with Crippen LogP contribution in [0.4, 0.5) is 5.69 Å². The molecule has 1 amide bonds. The minimum atomic E-state index is -0.0993. The minimum absolute atomic E-state index is 0.0993. The highest BCUT2D eigenvalue weighted by atomic mass is 16.2. The highest BCUT2D eigenvalue weighted by Crippen LogP contribution is 2.19. The lowest BCUT2D eigenvalue weighted by atomic mass is 10.1. The van der Waals surface area contributed by atoms with E-state index in [0.29, 0.717) is 11.1 Å². The number of hydrogen-bond donors (Lipinski definition) is 0. The number of rotatable bonds is 2. The summed E-state index contributed by atoms with van der Waals surface area (Å²) in [7, 11) is 3.54. The molecule has 5 heteroatoms. The smallest absolute Gasteiger partial charge is 0.261 e. The molecule has 0 bridgehead atoms. The van der Waals surface area contributed by atoms with E-state index in [1.807, 2.05) is 20.9 Å². The summed E-state index contributed by atoms with van der Waals surface area (Å²) in [5.41, 5.74) is 3.50. The van der Waals surface area contributed by atoms with Crippen molar-refractivity contribution in [2.45, 2.75) is 13.8 Å². The average molecular weight is 268 g/mol. The number of aromatic nitrogens is 2. The van der Waals surface area contributed by atoms with E-state index in [0.717, 1.165) is 17.1 Å². The number of benzene rings is 1. The lowest BCUT2D eigenvalue weighted by molar-refractivity contribution is 0.0991. The van der Waals surface area contributed by atoms with Crippen LogP contribution in [0.15, 0.2) is 24.3 Å². The molecule has 0 spiro atoms. The first kappa shape index (κ1) is 13.8. The first-order chi connectivity index (χ1) is 9.45. The Balaban J connectivity index is 2.35. The first-order valence-corrected chi connectivity index (χ1v) is 6.24. The molecule has 2 aromatic rings. The van der Waals surface area contributed by atoms with Gasteiger partial charge in [0.2, 0.25) is 0 Å². The largest absolute Gasteiger partial charge is 0.311 e. The molecule has 0 unspecified atom stereocenters. The quantitative estimate of drug-likeness (QED) is 0.838. The summed E-state index contributed by atoms with van der Waals surface area (Å²) in [4.78, 5) is 14.1. The van der Waals surface area contributed by atoms with E-state index in [4.69, 9.17) is 5.26 Å². The lowest BCUT2D eigenvalue weighted by Gasteiger charge is -2.17. The second-order valence-corrected chi connectivity index (χ2v) is 4.69. The zero-order valence-corrected chi connectivity index (χ0v) is 12.0. The number of nitrogens with zero attached hydrogens (tertiary/aromatic N) is 4. The van der Waals surface area contributed by atoms with Crippen LogP contribution in [0.1, 0.15) is 27.3 Å². The molecular formula is C15H16N4O. The fourth-order valence-electron chi connectivity index (χ4n) is 2.13. The van der Waals surface area contributed by atoms with Gasteiger partial charge in [0.25, 0.3) is 5.91 Å². The van der Waals surface area contributed by atoms with Crippen LogP contribution in [0, 0.1) is 25.2 Å². The number of carbonyl (C=O) groups is 1. The van der Waals surface area contributed by atoms with Crippen molar-refractivity contribution in [2.75, 3.05) is 11.9 Å². The first-order valence-electron chi connectivity index (χ1n) is 6.24. The number of amides is 1. The van der Waals surface area contributed by atoms with Crippen molar-refractivity contribution in [1.82, 2.24) is 9.78 Å². The number of carbonyl (C=O) groups excluding carboxylic acids is 1. The van der Waals surface area contributed by atoms with Gasteiger partial charge in [-0.1, -0.05) is 0 Å². The van der Waals surface area contributed by atoms with Gasteiger partial charge in [0.15, 0.2) is 0 Å². The minimum Gasteiger partial charge on any atom is -0.311 e. The van der Waals surface area contributed by atoms with Crippen LogP contribution in [0.2, 0.25) is 0 Å². The van der Waals surface area contributed by atoms with Crippen LogP contribution in [-0.4, -0.2) is 22.7 Å². The summed E-state index contributed by atoms with van der Waals surface area (Å²) in [6, 6.07) is 8.97. The maximum absolute atomic E-state index is 12.6. The Morgan fingerprint density at radius 3 is 2.35 bits per heavy atom. The van der Waals surface area contributed by atoms with Crippen molar-refractivity contribution < 1.29 is 4.79 Å². The fourth-order valence-corrected chi connectivity index (χ4v) is 2.13. The molecular weight excluding hydrogens is 252 g/mol. The van der Waals surface area contributed by atoms with Gasteiger partial charge in [0, 0.05) is 25.5 Å². The Kier molecular flexibility index (Phi) is 3.57. The molecule has 0 aliphatic carbocycles. The summed E-state index contributed by atoms with van der Waals surface area (Å²) in [5, 5.41) is 13.0. The second-order valence-electron chi connectivity index (χ2n) is 4.69. The van der Waals surface area contributed by atoms with E-state index in [-0.39, 0.29) is 5.91 Å². The standard InChI is InChI=1S/C15H16N4O/c1-10-14(11(2)19(4)17-10)15(20)18(3)13-7-5-12(9-16)6-8-13/h5-8H,1-4H3. The zero-order chi connectivity index (χ0) is 14.9. The molecule has 1 heterocycles. The molecule has 0 radical (unpaired) electrons. The molecule has 20 heavy (non-hydrogen) atoms. The van der Waals surface area contributed by atoms with Gasteiger partial charge in [-0.05, 0) is 38.1 Å². The van der Waals surface area contributed by atoms with Crippen molar-refractivity contribution >= 4 is 11.6 Å². The molecule has 5 nitrogen and oxygen atoms in total. The Morgan fingerprint density at radius 1 is 1.30 bits per heavy atom. The van der Waals surface area contributed by atoms with Crippen LogP contribution < -0.4 is 4.90 Å². The number of anilines is 1. The van der Waals surface area contributed by atoms with Gasteiger partial charge in [-0.25, -0.2) is 0 Å². The third-order valence-electron chi connectivity index (χ3n) is 3.41. The highest BCUT2D eigenvalue weighted by molar-refractivity contribution is 6.07. The zero-order valence-electron chi connectivity index (χ0n) is 12.0. The molecule has 1 aromatic heterocycles. The maximum atomic E-state index is 12.6. The predicted octanol–water partition coefficient (Wildman–Crippen LogP) is 2.19. The Bertz CT molecular complexity index is 692. The number of hydrogen-bond acceptors (Lipinski definition) is 3. The van der Waals surface area contributed by atoms with Crippen LogP contribution >= 0.6 is 0 Å². The van der Waals surface area contributed by atoms with Gasteiger partial charge >= 0.3 is 0 Å². The average Bonchev–Trinajstić information content (AvgIpc) is 2.71. The van der Waals surface area contributed by atoms with Gasteiger partial charge in [0.05, 0.1) is 22.9 Å². The van der Waals surface area contributed by atoms with Crippen molar-refractivity contribution in [1.29, 1.82) is 5.26 Å². The van der Waals surface area contributed by atoms with E-state index in [1.54, 1.807) is 40.9 Å². The summed E-state index contributed by atoms with van der Waals surface area (Å²) >= 11 is 0. The third-order valence-corrected chi connectivity index (χ3v) is 3.41. The van der Waals surface area contributed by atoms with E-state index >= 15 is 0 Å². The highest BCUT2D eigenvalue weighted by Gasteiger charge is 2.21. The molecule has 0 aliphatic heterocycles. The number of nitriles is 1. The molecule has 2 rings (SSSR count). The molecule has 0 saturated carbocycles. The molecule has 0 saturated heterocycles. The summed E-state index contributed by atoms with van der Waals surface area (Å²) in [6.45, 7) is 3.70. The van der Waals surface area contributed by atoms with E-state index in [1.165, 1.54) is 0 Å². The van der Waals surface area contributed by atoms with Crippen LogP contribution in [-0.2, 0) is 7.05 Å². The Morgan fingerprint density at radius 2 is 1.90 bits per heavy atom. The van der Waals surface area contributed by atoms with E-state index in [2.05, 4.69) is 11.2 Å². The molecule has 0 N–H and O–H groups in total. The third kappa shape index (κ3) is 2.28. The van der Waals surface area contributed by atoms with Gasteiger partial charge in [-0.3, -0.25) is 9.48 Å². The maximum Gasteiger partial charge on any atom is 0.261 e. The Labute approximate surface area is 118 Å². The van der Waals surface area contributed by atoms with Crippen molar-refractivity contribution in [2.24, 2.45) is 7.05 Å². The topological polar surface area (TPSA) is 61.9 Å².